The lowest BCUT2D eigenvalue weighted by atomic mass is 10.2. The third kappa shape index (κ3) is 3.80. The third-order valence-corrected chi connectivity index (χ3v) is 2.46. The highest BCUT2D eigenvalue weighted by Crippen LogP contribution is 1.98. The number of nitrogens with one attached hydrogen (secondary N) is 4. The molecule has 2 aromatic heterocycles. The average Bonchev–Trinajstić information content (AvgIpc) is 3.08. The van der Waals surface area contributed by atoms with Crippen LogP contribution in [-0.4, -0.2) is 48.3 Å². The fourth-order valence-corrected chi connectivity index (χ4v) is 1.51. The van der Waals surface area contributed by atoms with E-state index in [-0.39, 0.29) is 13.0 Å². The zero-order valence-corrected chi connectivity index (χ0v) is 10.3. The smallest absolute Gasteiger partial charge is 0.326 e. The molecule has 5 N–H and O–H groups in total. The molecule has 0 unspecified atom stereocenters. The lowest BCUT2D eigenvalue weighted by Gasteiger charge is -2.13. The minimum Gasteiger partial charge on any atom is -0.480 e. The molecule has 20 heavy (non-hydrogen) atoms. The van der Waals surface area contributed by atoms with E-state index in [0.717, 1.165) is 0 Å². The Morgan fingerprint density at radius 3 is 2.90 bits per heavy atom. The molecule has 2 aromatic rings. The Balaban J connectivity index is 1.84. The number of nitrogens with zero attached hydrogens (tertiary/aromatic N) is 3. The largest absolute Gasteiger partial charge is 0.480 e. The van der Waals surface area contributed by atoms with E-state index >= 15 is 0 Å². The molecule has 0 radical (unpaired) electrons. The van der Waals surface area contributed by atoms with Crippen LogP contribution in [0.15, 0.2) is 18.9 Å². The van der Waals surface area contributed by atoms with Crippen molar-refractivity contribution in [1.82, 2.24) is 35.8 Å². The number of urea groups is 1. The van der Waals surface area contributed by atoms with Gasteiger partial charge < -0.3 is 20.7 Å². The van der Waals surface area contributed by atoms with E-state index in [4.69, 9.17) is 5.11 Å². The molecule has 0 fully saturated rings. The predicted molar refractivity (Wildman–Crippen MR) is 65.5 cm³/mol. The topological polar surface area (TPSA) is 149 Å². The summed E-state index contributed by atoms with van der Waals surface area (Å²) >= 11 is 0. The van der Waals surface area contributed by atoms with Crippen molar-refractivity contribution in [2.24, 2.45) is 0 Å². The second kappa shape index (κ2) is 6.31. The van der Waals surface area contributed by atoms with E-state index in [9.17, 15) is 9.59 Å². The fourth-order valence-electron chi connectivity index (χ4n) is 1.51. The van der Waals surface area contributed by atoms with E-state index in [0.29, 0.717) is 11.5 Å². The van der Waals surface area contributed by atoms with Gasteiger partial charge in [0.05, 0.1) is 12.9 Å². The van der Waals surface area contributed by atoms with Crippen molar-refractivity contribution in [3.05, 3.63) is 30.4 Å². The molecule has 0 aromatic carbocycles. The summed E-state index contributed by atoms with van der Waals surface area (Å²) in [6.07, 6.45) is 4.38. The summed E-state index contributed by atoms with van der Waals surface area (Å²) in [5.41, 5.74) is 0.618. The van der Waals surface area contributed by atoms with Crippen LogP contribution in [0.4, 0.5) is 4.79 Å². The molecule has 0 aliphatic carbocycles. The molecular formula is C10H13N7O3. The highest BCUT2D eigenvalue weighted by Gasteiger charge is 2.20. The number of aliphatic carboxylic acids is 1. The Labute approximate surface area is 113 Å². The molecule has 10 nitrogen and oxygen atoms in total. The normalized spacial score (nSPS) is 11.8. The van der Waals surface area contributed by atoms with Crippen LogP contribution in [0.5, 0.6) is 0 Å². The van der Waals surface area contributed by atoms with Crippen LogP contribution in [0, 0.1) is 0 Å². The summed E-state index contributed by atoms with van der Waals surface area (Å²) in [6, 6.07) is -1.65. The van der Waals surface area contributed by atoms with Crippen LogP contribution < -0.4 is 10.6 Å². The summed E-state index contributed by atoms with van der Waals surface area (Å²) in [5, 5.41) is 20.1. The molecule has 2 rings (SSSR count). The van der Waals surface area contributed by atoms with Crippen molar-refractivity contribution in [3.8, 4) is 0 Å². The van der Waals surface area contributed by atoms with Crippen molar-refractivity contribution in [3.63, 3.8) is 0 Å². The number of hydrogen-bond acceptors (Lipinski definition) is 5. The van der Waals surface area contributed by atoms with Crippen molar-refractivity contribution in [2.45, 2.75) is 19.0 Å². The van der Waals surface area contributed by atoms with Crippen LogP contribution in [-0.2, 0) is 17.8 Å². The van der Waals surface area contributed by atoms with Crippen molar-refractivity contribution < 1.29 is 14.7 Å². The Morgan fingerprint density at radius 1 is 1.45 bits per heavy atom. The molecule has 10 heteroatoms. The summed E-state index contributed by atoms with van der Waals surface area (Å²) < 4.78 is 0. The molecule has 106 valence electrons. The van der Waals surface area contributed by atoms with Crippen LogP contribution in [0.2, 0.25) is 0 Å². The van der Waals surface area contributed by atoms with Crippen LogP contribution in [0.3, 0.4) is 0 Å². The Hall–Kier alpha value is -2.91. The maximum atomic E-state index is 11.6. The molecule has 0 bridgehead atoms. The maximum Gasteiger partial charge on any atom is 0.326 e. The van der Waals surface area contributed by atoms with Gasteiger partial charge in [-0.15, -0.1) is 0 Å². The highest BCUT2D eigenvalue weighted by molar-refractivity contribution is 5.82. The number of aromatic nitrogens is 5. The molecular weight excluding hydrogens is 266 g/mol. The molecule has 0 aliphatic rings. The lowest BCUT2D eigenvalue weighted by molar-refractivity contribution is -0.139. The van der Waals surface area contributed by atoms with Gasteiger partial charge >= 0.3 is 12.0 Å². The Kier molecular flexibility index (Phi) is 4.27. The standard InChI is InChI=1S/C10H13N7O3/c18-9(19)7(1-6-2-11-4-13-6)16-10(20)12-3-8-14-5-15-17-8/h2,4-5,7H,1,3H2,(H,11,13)(H,18,19)(H2,12,16,20)(H,14,15,17)/t7-/m0/s1. The summed E-state index contributed by atoms with van der Waals surface area (Å²) in [7, 11) is 0. The van der Waals surface area contributed by atoms with Gasteiger partial charge in [-0.2, -0.15) is 5.10 Å². The molecule has 2 heterocycles. The highest BCUT2D eigenvalue weighted by atomic mass is 16.4. The van der Waals surface area contributed by atoms with Gasteiger partial charge in [0.25, 0.3) is 0 Å². The third-order valence-electron chi connectivity index (χ3n) is 2.46. The molecule has 1 atom stereocenters. The van der Waals surface area contributed by atoms with Gasteiger partial charge in [-0.25, -0.2) is 19.6 Å². The molecule has 0 spiro atoms. The van der Waals surface area contributed by atoms with Crippen LogP contribution >= 0.6 is 0 Å². The van der Waals surface area contributed by atoms with Gasteiger partial charge in [0.2, 0.25) is 0 Å². The Bertz CT molecular complexity index is 551. The number of hydrogen-bond donors (Lipinski definition) is 5. The molecule has 2 amide bonds. The zero-order chi connectivity index (χ0) is 14.4. The number of H-pyrrole nitrogens is 2. The maximum absolute atomic E-state index is 11.6. The van der Waals surface area contributed by atoms with E-state index < -0.39 is 18.0 Å². The zero-order valence-electron chi connectivity index (χ0n) is 10.3. The first-order chi connectivity index (χ1) is 9.65. The van der Waals surface area contributed by atoms with Gasteiger partial charge in [0.15, 0.2) is 0 Å². The van der Waals surface area contributed by atoms with Gasteiger partial charge in [0, 0.05) is 18.3 Å². The summed E-state index contributed by atoms with van der Waals surface area (Å²) in [4.78, 5) is 33.1. The quantitative estimate of drug-likeness (QED) is 0.459. The number of aromatic amines is 2. The first-order valence-electron chi connectivity index (χ1n) is 5.74. The molecule has 0 saturated heterocycles. The number of carboxylic acid groups (broad SMARTS) is 1. The number of carbonyl (C=O) groups is 2. The number of rotatable bonds is 6. The first kappa shape index (κ1) is 13.5. The van der Waals surface area contributed by atoms with Crippen LogP contribution in [0.25, 0.3) is 0 Å². The SMILES string of the molecule is O=C(NCc1ncn[nH]1)N[C@@H](Cc1cnc[nH]1)C(=O)O. The number of imidazole rings is 1. The first-order valence-corrected chi connectivity index (χ1v) is 5.74. The molecule has 0 aliphatic heterocycles. The summed E-state index contributed by atoms with van der Waals surface area (Å²) in [5.74, 6) is -0.657. The van der Waals surface area contributed by atoms with E-state index in [1.807, 2.05) is 0 Å². The summed E-state index contributed by atoms with van der Waals surface area (Å²) in [6.45, 7) is 0.127. The Morgan fingerprint density at radius 2 is 2.30 bits per heavy atom. The number of carboxylic acids is 1. The van der Waals surface area contributed by atoms with Gasteiger partial charge in [-0.3, -0.25) is 5.10 Å². The second-order valence-electron chi connectivity index (χ2n) is 3.93. The van der Waals surface area contributed by atoms with E-state index in [2.05, 4.69) is 35.8 Å². The monoisotopic (exact) mass is 279 g/mol. The van der Waals surface area contributed by atoms with Crippen molar-refractivity contribution >= 4 is 12.0 Å². The van der Waals surface area contributed by atoms with Gasteiger partial charge in [-0.1, -0.05) is 0 Å². The lowest BCUT2D eigenvalue weighted by Crippen LogP contribution is -2.47. The van der Waals surface area contributed by atoms with E-state index in [1.54, 1.807) is 0 Å². The number of carbonyl (C=O) groups excluding carboxylic acids is 1. The minimum absolute atomic E-state index is 0.116. The average molecular weight is 279 g/mol. The van der Waals surface area contributed by atoms with Gasteiger partial charge in [-0.05, 0) is 0 Å². The minimum atomic E-state index is -1.13. The van der Waals surface area contributed by atoms with Crippen molar-refractivity contribution in [1.29, 1.82) is 0 Å². The fraction of sp³-hybridized carbons (Fsp3) is 0.300. The predicted octanol–water partition coefficient (Wildman–Crippen LogP) is -0.977. The van der Waals surface area contributed by atoms with Crippen LogP contribution in [0.1, 0.15) is 11.5 Å². The molecule has 0 saturated carbocycles. The van der Waals surface area contributed by atoms with E-state index in [1.165, 1.54) is 18.9 Å². The second-order valence-corrected chi connectivity index (χ2v) is 3.93. The van der Waals surface area contributed by atoms with Crippen molar-refractivity contribution in [2.75, 3.05) is 0 Å². The van der Waals surface area contributed by atoms with Gasteiger partial charge in [0.1, 0.15) is 18.2 Å². The number of amides is 2.